The van der Waals surface area contributed by atoms with Gasteiger partial charge in [0.2, 0.25) is 0 Å². The summed E-state index contributed by atoms with van der Waals surface area (Å²) in [7, 11) is 0. The fourth-order valence-electron chi connectivity index (χ4n) is 2.87. The predicted octanol–water partition coefficient (Wildman–Crippen LogP) is 1.44. The Morgan fingerprint density at radius 3 is 2.64 bits per heavy atom. The molecule has 0 atom stereocenters. The molecule has 3 rings (SSSR count). The van der Waals surface area contributed by atoms with E-state index in [0.29, 0.717) is 11.2 Å². The lowest BCUT2D eigenvalue weighted by atomic mass is 10.1. The summed E-state index contributed by atoms with van der Waals surface area (Å²) in [5, 5.41) is 7.99. The van der Waals surface area contributed by atoms with Crippen molar-refractivity contribution in [3.05, 3.63) is 40.6 Å². The lowest BCUT2D eigenvalue weighted by Crippen LogP contribution is -2.15. The molecule has 1 aromatic carbocycles. The van der Waals surface area contributed by atoms with Gasteiger partial charge in [0.1, 0.15) is 17.5 Å². The van der Waals surface area contributed by atoms with Crippen molar-refractivity contribution in [2.75, 3.05) is 11.5 Å². The molecule has 1 amide bonds. The van der Waals surface area contributed by atoms with Crippen molar-refractivity contribution < 1.29 is 9.18 Å². The van der Waals surface area contributed by atoms with Crippen molar-refractivity contribution in [3.8, 4) is 5.69 Å². The highest BCUT2D eigenvalue weighted by Gasteiger charge is 2.25. The van der Waals surface area contributed by atoms with E-state index in [0.717, 1.165) is 12.3 Å². The summed E-state index contributed by atoms with van der Waals surface area (Å²) in [4.78, 5) is 20.3. The van der Waals surface area contributed by atoms with Crippen LogP contribution >= 0.6 is 0 Å². The number of nitrogen functional groups attached to an aromatic ring is 2. The molecular formula is C16H16FN7O. The van der Waals surface area contributed by atoms with Crippen LogP contribution < -0.4 is 17.2 Å². The smallest absolute Gasteiger partial charge is 0.253 e. The summed E-state index contributed by atoms with van der Waals surface area (Å²) in [6, 6.07) is 1.14. The molecule has 9 heteroatoms. The Bertz CT molecular complexity index is 1050. The van der Waals surface area contributed by atoms with Gasteiger partial charge in [-0.2, -0.15) is 0 Å². The second kappa shape index (κ2) is 5.55. The zero-order valence-corrected chi connectivity index (χ0v) is 13.6. The number of carbonyl (C=O) groups excluding carboxylic acids is 1. The number of hydrogen-bond acceptors (Lipinski definition) is 6. The van der Waals surface area contributed by atoms with E-state index in [9.17, 15) is 9.18 Å². The van der Waals surface area contributed by atoms with Gasteiger partial charge >= 0.3 is 0 Å². The van der Waals surface area contributed by atoms with Crippen molar-refractivity contribution in [2.24, 2.45) is 5.73 Å². The van der Waals surface area contributed by atoms with Gasteiger partial charge in [-0.1, -0.05) is 0 Å². The summed E-state index contributed by atoms with van der Waals surface area (Å²) in [5.74, 6) is -0.905. The van der Waals surface area contributed by atoms with E-state index in [1.54, 1.807) is 6.92 Å². The highest BCUT2D eigenvalue weighted by molar-refractivity contribution is 6.11. The van der Waals surface area contributed by atoms with Crippen molar-refractivity contribution >= 4 is 34.7 Å². The number of carbonyl (C=O) groups is 1. The van der Waals surface area contributed by atoms with Gasteiger partial charge in [-0.05, 0) is 19.9 Å². The van der Waals surface area contributed by atoms with E-state index in [1.165, 1.54) is 17.7 Å². The minimum Gasteiger partial charge on any atom is -0.398 e. The Hall–Kier alpha value is -3.49. The molecular weight excluding hydrogens is 325 g/mol. The number of hydrogen-bond donors (Lipinski definition) is 4. The van der Waals surface area contributed by atoms with Crippen LogP contribution in [0.2, 0.25) is 0 Å². The minimum absolute atomic E-state index is 0.0152. The predicted molar refractivity (Wildman–Crippen MR) is 93.5 cm³/mol. The van der Waals surface area contributed by atoms with Gasteiger partial charge < -0.3 is 22.6 Å². The highest BCUT2D eigenvalue weighted by Crippen LogP contribution is 2.35. The topological polar surface area (TPSA) is 150 Å². The summed E-state index contributed by atoms with van der Waals surface area (Å²) in [5.41, 5.74) is 18.6. The maximum absolute atomic E-state index is 14.3. The first-order valence-electron chi connectivity index (χ1n) is 7.30. The number of primary amides is 1. The van der Waals surface area contributed by atoms with Gasteiger partial charge in [-0.3, -0.25) is 9.36 Å². The summed E-state index contributed by atoms with van der Waals surface area (Å²) in [6.07, 6.45) is 2.44. The molecule has 0 aliphatic heterocycles. The number of aromatic nitrogens is 3. The van der Waals surface area contributed by atoms with Crippen LogP contribution in [0.5, 0.6) is 0 Å². The number of nitrogens with one attached hydrogen (secondary N) is 1. The van der Waals surface area contributed by atoms with Gasteiger partial charge in [0.25, 0.3) is 5.91 Å². The van der Waals surface area contributed by atoms with Crippen LogP contribution in [0.25, 0.3) is 16.7 Å². The third-order valence-corrected chi connectivity index (χ3v) is 4.04. The molecule has 0 aliphatic carbocycles. The Balaban J connectivity index is 2.58. The summed E-state index contributed by atoms with van der Waals surface area (Å²) in [6.45, 7) is 3.20. The Labute approximate surface area is 142 Å². The monoisotopic (exact) mass is 341 g/mol. The number of rotatable bonds is 3. The van der Waals surface area contributed by atoms with Crippen LogP contribution in [-0.2, 0) is 0 Å². The zero-order chi connectivity index (χ0) is 18.5. The average Bonchev–Trinajstić information content (AvgIpc) is 2.82. The fourth-order valence-corrected chi connectivity index (χ4v) is 2.87. The third-order valence-electron chi connectivity index (χ3n) is 4.04. The molecule has 0 radical (unpaired) electrons. The molecule has 3 aromatic rings. The van der Waals surface area contributed by atoms with E-state index < -0.39 is 11.7 Å². The van der Waals surface area contributed by atoms with Crippen LogP contribution in [0, 0.1) is 25.1 Å². The Kier molecular flexibility index (Phi) is 3.63. The van der Waals surface area contributed by atoms with E-state index >= 15 is 0 Å². The number of halogens is 1. The number of nitrogens with zero attached hydrogens (tertiary/aromatic N) is 3. The van der Waals surface area contributed by atoms with Gasteiger partial charge in [0.15, 0.2) is 5.65 Å². The van der Waals surface area contributed by atoms with Gasteiger partial charge in [-0.25, -0.2) is 14.4 Å². The number of amides is 1. The van der Waals surface area contributed by atoms with Crippen molar-refractivity contribution in [1.29, 1.82) is 5.41 Å². The van der Waals surface area contributed by atoms with E-state index in [2.05, 4.69) is 9.97 Å². The molecule has 2 aromatic heterocycles. The second-order valence-electron chi connectivity index (χ2n) is 5.59. The fraction of sp³-hybridized carbons (Fsp3) is 0.125. The first-order valence-corrected chi connectivity index (χ1v) is 7.30. The van der Waals surface area contributed by atoms with Crippen LogP contribution in [0.3, 0.4) is 0 Å². The molecule has 2 heterocycles. The molecule has 8 nitrogen and oxygen atoms in total. The molecule has 0 unspecified atom stereocenters. The Morgan fingerprint density at radius 2 is 2.04 bits per heavy atom. The lowest BCUT2D eigenvalue weighted by molar-refractivity contribution is 0.100. The molecule has 0 aliphatic rings. The standard InChI is InChI=1S/C16H16FN7O/c1-6-10(17)3-11(19)8(4-18)13(6)24-14(20)12(15(21)25)9-5-22-7(2)23-16(9)24/h3-5,18H,19-20H2,1-2H3,(H2,21,25). The minimum atomic E-state index is -0.757. The quantitative estimate of drug-likeness (QED) is 0.420. The van der Waals surface area contributed by atoms with Crippen LogP contribution in [-0.4, -0.2) is 26.7 Å². The van der Waals surface area contributed by atoms with E-state index in [4.69, 9.17) is 22.6 Å². The maximum atomic E-state index is 14.3. The average molecular weight is 341 g/mol. The first-order chi connectivity index (χ1) is 11.8. The Morgan fingerprint density at radius 1 is 1.36 bits per heavy atom. The molecule has 0 fully saturated rings. The number of aryl methyl sites for hydroxylation is 1. The molecule has 7 N–H and O–H groups in total. The van der Waals surface area contributed by atoms with Crippen molar-refractivity contribution in [3.63, 3.8) is 0 Å². The largest absolute Gasteiger partial charge is 0.398 e. The van der Waals surface area contributed by atoms with Crippen LogP contribution in [0.15, 0.2) is 12.3 Å². The normalized spacial score (nSPS) is 11.0. The number of fused-ring (bicyclic) bond motifs is 1. The van der Waals surface area contributed by atoms with Gasteiger partial charge in [0.05, 0.1) is 16.6 Å². The molecule has 25 heavy (non-hydrogen) atoms. The van der Waals surface area contributed by atoms with Crippen molar-refractivity contribution in [2.45, 2.75) is 13.8 Å². The van der Waals surface area contributed by atoms with Crippen LogP contribution in [0.4, 0.5) is 15.9 Å². The molecule has 0 saturated heterocycles. The maximum Gasteiger partial charge on any atom is 0.253 e. The molecule has 0 bridgehead atoms. The SMILES string of the molecule is Cc1ncc2c(C(N)=O)c(N)n(-c3c(C)c(F)cc(N)c3C=N)c2n1. The number of nitrogens with two attached hydrogens (primary N) is 3. The number of anilines is 2. The van der Waals surface area contributed by atoms with Crippen LogP contribution in [0.1, 0.15) is 27.3 Å². The first kappa shape index (κ1) is 16.4. The van der Waals surface area contributed by atoms with Crippen molar-refractivity contribution in [1.82, 2.24) is 14.5 Å². The van der Waals surface area contributed by atoms with Gasteiger partial charge in [-0.15, -0.1) is 0 Å². The third kappa shape index (κ3) is 2.28. The number of benzene rings is 1. The lowest BCUT2D eigenvalue weighted by Gasteiger charge is -2.16. The van der Waals surface area contributed by atoms with E-state index in [1.807, 2.05) is 0 Å². The summed E-state index contributed by atoms with van der Waals surface area (Å²) >= 11 is 0. The zero-order valence-electron chi connectivity index (χ0n) is 13.6. The molecule has 0 saturated carbocycles. The van der Waals surface area contributed by atoms with E-state index in [-0.39, 0.29) is 39.5 Å². The molecule has 128 valence electrons. The van der Waals surface area contributed by atoms with Gasteiger partial charge in [0, 0.05) is 29.2 Å². The second-order valence-corrected chi connectivity index (χ2v) is 5.59. The summed E-state index contributed by atoms with van der Waals surface area (Å²) < 4.78 is 15.7. The highest BCUT2D eigenvalue weighted by atomic mass is 19.1. The molecule has 0 spiro atoms.